The molecule has 178 valence electrons. The van der Waals surface area contributed by atoms with Gasteiger partial charge >= 0.3 is 5.97 Å². The molecule has 0 bridgehead atoms. The van der Waals surface area contributed by atoms with Crippen LogP contribution in [0.1, 0.15) is 31.2 Å². The number of nitrogens with zero attached hydrogens (tertiary/aromatic N) is 3. The van der Waals surface area contributed by atoms with Crippen molar-refractivity contribution >= 4 is 22.7 Å². The Labute approximate surface area is 200 Å². The molecule has 0 radical (unpaired) electrons. The number of esters is 1. The van der Waals surface area contributed by atoms with Gasteiger partial charge in [-0.05, 0) is 49.3 Å². The molecule has 34 heavy (non-hydrogen) atoms. The van der Waals surface area contributed by atoms with Gasteiger partial charge in [0.25, 0.3) is 0 Å². The number of ether oxygens (including phenoxy) is 2. The van der Waals surface area contributed by atoms with Crippen LogP contribution in [0.3, 0.4) is 0 Å². The van der Waals surface area contributed by atoms with E-state index >= 15 is 0 Å². The number of pyridine rings is 2. The average Bonchev–Trinajstić information content (AvgIpc) is 2.90. The van der Waals surface area contributed by atoms with Crippen molar-refractivity contribution in [2.24, 2.45) is 11.3 Å². The summed E-state index contributed by atoms with van der Waals surface area (Å²) >= 11 is 0. The highest BCUT2D eigenvalue weighted by atomic mass is 16.5. The van der Waals surface area contributed by atoms with Crippen molar-refractivity contribution < 1.29 is 14.3 Å². The quantitative estimate of drug-likeness (QED) is 0.558. The molecule has 3 atom stereocenters. The fraction of sp³-hybridized carbons (Fsp3) is 0.444. The van der Waals surface area contributed by atoms with E-state index in [0.29, 0.717) is 18.5 Å². The number of rotatable bonds is 6. The molecule has 1 saturated carbocycles. The van der Waals surface area contributed by atoms with Crippen molar-refractivity contribution in [3.8, 4) is 5.88 Å². The zero-order valence-electron chi connectivity index (χ0n) is 19.9. The predicted octanol–water partition coefficient (Wildman–Crippen LogP) is 3.97. The lowest BCUT2D eigenvalue weighted by atomic mass is 9.61. The summed E-state index contributed by atoms with van der Waals surface area (Å²) in [5, 5.41) is 3.73. The van der Waals surface area contributed by atoms with Gasteiger partial charge in [0.2, 0.25) is 5.88 Å². The Morgan fingerprint density at radius 1 is 1.15 bits per heavy atom. The molecule has 3 heterocycles. The van der Waals surface area contributed by atoms with E-state index < -0.39 is 5.41 Å². The minimum absolute atomic E-state index is 0.0902. The van der Waals surface area contributed by atoms with Crippen LogP contribution in [-0.4, -0.2) is 49.3 Å². The highest BCUT2D eigenvalue weighted by Crippen LogP contribution is 2.48. The third-order valence-corrected chi connectivity index (χ3v) is 7.63. The predicted molar refractivity (Wildman–Crippen MR) is 132 cm³/mol. The summed E-state index contributed by atoms with van der Waals surface area (Å²) in [6.45, 7) is 2.35. The summed E-state index contributed by atoms with van der Waals surface area (Å²) < 4.78 is 10.7. The molecule has 7 heteroatoms. The number of benzene rings is 1. The average molecular weight is 461 g/mol. The summed E-state index contributed by atoms with van der Waals surface area (Å²) in [5.41, 5.74) is 3.40. The topological polar surface area (TPSA) is 76.6 Å². The first-order chi connectivity index (χ1) is 16.6. The Kier molecular flexibility index (Phi) is 6.37. The van der Waals surface area contributed by atoms with Gasteiger partial charge in [0.15, 0.2) is 0 Å². The fourth-order valence-corrected chi connectivity index (χ4v) is 5.80. The molecule has 1 aliphatic heterocycles. The monoisotopic (exact) mass is 460 g/mol. The molecule has 0 spiro atoms. The van der Waals surface area contributed by atoms with Crippen molar-refractivity contribution in [2.45, 2.75) is 38.3 Å². The van der Waals surface area contributed by atoms with Crippen LogP contribution in [0.5, 0.6) is 5.88 Å². The largest absolute Gasteiger partial charge is 0.481 e. The first-order valence-electron chi connectivity index (χ1n) is 12.0. The molecule has 2 aromatic heterocycles. The Balaban J connectivity index is 1.37. The van der Waals surface area contributed by atoms with Crippen LogP contribution in [0.15, 0.2) is 54.7 Å². The molecule has 0 amide bonds. The highest BCUT2D eigenvalue weighted by Gasteiger charge is 2.53. The van der Waals surface area contributed by atoms with Gasteiger partial charge in [-0.3, -0.25) is 9.78 Å². The van der Waals surface area contributed by atoms with Gasteiger partial charge in [-0.15, -0.1) is 0 Å². The van der Waals surface area contributed by atoms with Gasteiger partial charge in [-0.2, -0.15) is 0 Å². The van der Waals surface area contributed by atoms with E-state index in [2.05, 4.69) is 44.5 Å². The van der Waals surface area contributed by atoms with Gasteiger partial charge in [-0.25, -0.2) is 4.98 Å². The number of hydrogen-bond donors (Lipinski definition) is 1. The Morgan fingerprint density at radius 3 is 2.79 bits per heavy atom. The van der Waals surface area contributed by atoms with Gasteiger partial charge in [-0.1, -0.05) is 30.3 Å². The number of nitrogens with one attached hydrogen (secondary N) is 1. The third kappa shape index (κ3) is 4.20. The number of carbonyl (C=O) groups excluding carboxylic acids is 1. The number of methoxy groups -OCH3 is 2. The molecule has 1 aliphatic carbocycles. The van der Waals surface area contributed by atoms with Gasteiger partial charge < -0.3 is 19.7 Å². The van der Waals surface area contributed by atoms with E-state index in [4.69, 9.17) is 9.47 Å². The molecule has 1 saturated heterocycles. The van der Waals surface area contributed by atoms with E-state index in [9.17, 15) is 4.79 Å². The lowest BCUT2D eigenvalue weighted by Gasteiger charge is -2.51. The zero-order chi connectivity index (χ0) is 23.5. The molecule has 1 aromatic carbocycles. The maximum Gasteiger partial charge on any atom is 0.313 e. The second-order valence-electron chi connectivity index (χ2n) is 9.44. The third-order valence-electron chi connectivity index (χ3n) is 7.63. The Hall–Kier alpha value is -3.19. The first-order valence-corrected chi connectivity index (χ1v) is 12.0. The van der Waals surface area contributed by atoms with Gasteiger partial charge in [0.05, 0.1) is 30.8 Å². The van der Waals surface area contributed by atoms with Crippen LogP contribution < -0.4 is 15.0 Å². The lowest BCUT2D eigenvalue weighted by molar-refractivity contribution is -0.160. The number of carbonyl (C=O) groups is 1. The molecule has 0 unspecified atom stereocenters. The molecular formula is C27H32N4O3. The maximum absolute atomic E-state index is 13.2. The molecule has 3 aromatic rings. The fourth-order valence-electron chi connectivity index (χ4n) is 5.80. The van der Waals surface area contributed by atoms with Crippen molar-refractivity contribution in [3.63, 3.8) is 0 Å². The van der Waals surface area contributed by atoms with Crippen molar-refractivity contribution in [2.75, 3.05) is 32.2 Å². The van der Waals surface area contributed by atoms with Crippen LogP contribution in [0.2, 0.25) is 0 Å². The van der Waals surface area contributed by atoms with Crippen LogP contribution in [0.25, 0.3) is 11.0 Å². The van der Waals surface area contributed by atoms with E-state index in [1.165, 1.54) is 12.7 Å². The van der Waals surface area contributed by atoms with E-state index in [1.807, 2.05) is 30.5 Å². The molecule has 5 rings (SSSR count). The molecular weight excluding hydrogens is 428 g/mol. The van der Waals surface area contributed by atoms with Gasteiger partial charge in [0, 0.05) is 37.9 Å². The number of piperidine rings is 1. The van der Waals surface area contributed by atoms with Gasteiger partial charge in [0.1, 0.15) is 5.52 Å². The molecule has 2 fully saturated rings. The number of aromatic nitrogens is 2. The Morgan fingerprint density at radius 2 is 2.00 bits per heavy atom. The van der Waals surface area contributed by atoms with Crippen molar-refractivity contribution in [3.05, 3.63) is 60.3 Å². The highest BCUT2D eigenvalue weighted by molar-refractivity contribution is 5.89. The number of anilines is 1. The Bertz CT molecular complexity index is 1160. The smallest absolute Gasteiger partial charge is 0.313 e. The molecule has 2 aliphatic rings. The number of fused-ring (bicyclic) bond motifs is 2. The minimum atomic E-state index is -0.508. The normalized spacial score (nSPS) is 24.5. The van der Waals surface area contributed by atoms with Crippen LogP contribution in [0.4, 0.5) is 5.69 Å². The summed E-state index contributed by atoms with van der Waals surface area (Å²) in [5.74, 6) is 0.755. The summed E-state index contributed by atoms with van der Waals surface area (Å²) in [4.78, 5) is 24.7. The van der Waals surface area contributed by atoms with E-state index in [-0.39, 0.29) is 11.9 Å². The summed E-state index contributed by atoms with van der Waals surface area (Å²) in [6.07, 6.45) is 5.50. The van der Waals surface area contributed by atoms with Crippen LogP contribution >= 0.6 is 0 Å². The lowest BCUT2D eigenvalue weighted by Crippen LogP contribution is -2.57. The minimum Gasteiger partial charge on any atom is -0.481 e. The van der Waals surface area contributed by atoms with E-state index in [0.717, 1.165) is 55.5 Å². The first kappa shape index (κ1) is 22.6. The second kappa shape index (κ2) is 9.58. The number of hydrogen-bond acceptors (Lipinski definition) is 7. The van der Waals surface area contributed by atoms with Crippen LogP contribution in [-0.2, 0) is 16.1 Å². The van der Waals surface area contributed by atoms with Crippen molar-refractivity contribution in [1.82, 2.24) is 15.3 Å². The van der Waals surface area contributed by atoms with Crippen molar-refractivity contribution in [1.29, 1.82) is 0 Å². The maximum atomic E-state index is 13.2. The SMILES string of the molecule is COC(=O)[C@]12CC[C@H](NCc3ccccc3)C[C@@H]1CCN(c1ccnc3ccc(OC)nc13)C2. The molecule has 1 N–H and O–H groups in total. The second-order valence-corrected chi connectivity index (χ2v) is 9.44. The molecule has 7 nitrogen and oxygen atoms in total. The van der Waals surface area contributed by atoms with Crippen LogP contribution in [0, 0.1) is 11.3 Å². The zero-order valence-corrected chi connectivity index (χ0v) is 19.9. The summed E-state index contributed by atoms with van der Waals surface area (Å²) in [7, 11) is 3.13. The van der Waals surface area contributed by atoms with E-state index in [1.54, 1.807) is 7.11 Å². The standard InChI is InChI=1S/C27H32N4O3/c1-33-24-9-8-22-25(30-24)23(11-14-28-22)31-15-12-20-16-21(29-17-19-6-4-3-5-7-19)10-13-27(20,18-31)26(32)34-2/h3-9,11,14,20-21,29H,10,12-13,15-18H2,1-2H3/t20-,21-,27-/m0/s1. The summed E-state index contributed by atoms with van der Waals surface area (Å²) in [6, 6.07) is 16.6.